The molecule has 0 atom stereocenters. The molecule has 0 bridgehead atoms. The van der Waals surface area contributed by atoms with Gasteiger partial charge in [-0.2, -0.15) is 13.2 Å². The van der Waals surface area contributed by atoms with E-state index >= 15 is 0 Å². The molecule has 16 heavy (non-hydrogen) atoms. The standard InChI is InChI=1S/C10H11F3S.C2H6/c1-3-14-9-5-4-8(6-7(9)2)10(11,12)13;1-2/h4-6H,3H2,1-2H3;1-2H3. The molecule has 92 valence electrons. The molecule has 0 spiro atoms. The number of hydrogen-bond donors (Lipinski definition) is 0. The zero-order valence-corrected chi connectivity index (χ0v) is 10.8. The Labute approximate surface area is 99.2 Å². The van der Waals surface area contributed by atoms with E-state index in [0.717, 1.165) is 16.7 Å². The average Bonchev–Trinajstić information content (AvgIpc) is 2.23. The van der Waals surface area contributed by atoms with Gasteiger partial charge in [0.05, 0.1) is 5.56 Å². The minimum absolute atomic E-state index is 0.574. The number of rotatable bonds is 2. The molecule has 0 amide bonds. The van der Waals surface area contributed by atoms with Crippen LogP contribution in [0, 0.1) is 6.92 Å². The van der Waals surface area contributed by atoms with Gasteiger partial charge >= 0.3 is 6.18 Å². The highest BCUT2D eigenvalue weighted by molar-refractivity contribution is 7.99. The normalized spacial score (nSPS) is 10.7. The Morgan fingerprint density at radius 1 is 1.19 bits per heavy atom. The highest BCUT2D eigenvalue weighted by atomic mass is 32.2. The zero-order valence-electron chi connectivity index (χ0n) is 9.98. The molecule has 0 saturated heterocycles. The lowest BCUT2D eigenvalue weighted by atomic mass is 10.1. The third-order valence-electron chi connectivity index (χ3n) is 1.80. The minimum atomic E-state index is -4.24. The Morgan fingerprint density at radius 3 is 2.12 bits per heavy atom. The average molecular weight is 250 g/mol. The van der Waals surface area contributed by atoms with Gasteiger partial charge in [0.25, 0.3) is 0 Å². The first kappa shape index (κ1) is 15.4. The number of benzene rings is 1. The fourth-order valence-electron chi connectivity index (χ4n) is 1.14. The molecule has 0 aliphatic carbocycles. The van der Waals surface area contributed by atoms with Gasteiger partial charge < -0.3 is 0 Å². The van der Waals surface area contributed by atoms with Crippen LogP contribution in [0.25, 0.3) is 0 Å². The molecule has 0 aromatic heterocycles. The first-order valence-electron chi connectivity index (χ1n) is 5.25. The molecule has 0 N–H and O–H groups in total. The van der Waals surface area contributed by atoms with Crippen molar-refractivity contribution in [2.24, 2.45) is 0 Å². The van der Waals surface area contributed by atoms with Gasteiger partial charge in [-0.1, -0.05) is 20.8 Å². The van der Waals surface area contributed by atoms with E-state index in [2.05, 4.69) is 0 Å². The van der Waals surface area contributed by atoms with Crippen molar-refractivity contribution in [2.75, 3.05) is 5.75 Å². The van der Waals surface area contributed by atoms with Gasteiger partial charge in [-0.15, -0.1) is 11.8 Å². The Balaban J connectivity index is 0.00000106. The fraction of sp³-hybridized carbons (Fsp3) is 0.500. The molecule has 0 heterocycles. The van der Waals surface area contributed by atoms with E-state index in [1.54, 1.807) is 18.7 Å². The van der Waals surface area contributed by atoms with Gasteiger partial charge in [-0.25, -0.2) is 0 Å². The van der Waals surface area contributed by atoms with Crippen molar-refractivity contribution in [3.05, 3.63) is 29.3 Å². The monoisotopic (exact) mass is 250 g/mol. The van der Waals surface area contributed by atoms with E-state index < -0.39 is 11.7 Å². The van der Waals surface area contributed by atoms with Crippen molar-refractivity contribution in [1.29, 1.82) is 0 Å². The molecule has 1 rings (SSSR count). The van der Waals surface area contributed by atoms with Crippen molar-refractivity contribution < 1.29 is 13.2 Å². The summed E-state index contributed by atoms with van der Waals surface area (Å²) in [5.74, 6) is 0.867. The summed E-state index contributed by atoms with van der Waals surface area (Å²) in [6.07, 6.45) is -4.24. The van der Waals surface area contributed by atoms with Crippen LogP contribution in [0.4, 0.5) is 13.2 Å². The Bertz CT molecular complexity index is 319. The predicted molar refractivity (Wildman–Crippen MR) is 63.9 cm³/mol. The maximum atomic E-state index is 12.3. The molecule has 1 aromatic carbocycles. The van der Waals surface area contributed by atoms with Crippen molar-refractivity contribution >= 4 is 11.8 Å². The van der Waals surface area contributed by atoms with Gasteiger partial charge in [-0.05, 0) is 36.4 Å². The van der Waals surface area contributed by atoms with Gasteiger partial charge in [0.15, 0.2) is 0 Å². The van der Waals surface area contributed by atoms with Crippen LogP contribution >= 0.6 is 11.8 Å². The lowest BCUT2D eigenvalue weighted by Crippen LogP contribution is -2.05. The quantitative estimate of drug-likeness (QED) is 0.654. The maximum Gasteiger partial charge on any atom is 0.416 e. The van der Waals surface area contributed by atoms with Crippen molar-refractivity contribution in [1.82, 2.24) is 0 Å². The third kappa shape index (κ3) is 4.47. The Hall–Kier alpha value is -0.640. The largest absolute Gasteiger partial charge is 0.416 e. The molecule has 1 aromatic rings. The molecule has 0 aliphatic heterocycles. The molecule has 0 fully saturated rings. The number of alkyl halides is 3. The molecule has 0 aliphatic rings. The molecule has 0 saturated carbocycles. The number of hydrogen-bond acceptors (Lipinski definition) is 1. The van der Waals surface area contributed by atoms with Crippen LogP contribution in [-0.4, -0.2) is 5.75 Å². The molecule has 0 unspecified atom stereocenters. The van der Waals surface area contributed by atoms with Crippen molar-refractivity contribution in [3.63, 3.8) is 0 Å². The third-order valence-corrected chi connectivity index (χ3v) is 2.86. The van der Waals surface area contributed by atoms with Crippen molar-refractivity contribution in [3.8, 4) is 0 Å². The van der Waals surface area contributed by atoms with Crippen LogP contribution < -0.4 is 0 Å². The molecular weight excluding hydrogens is 233 g/mol. The molecular formula is C12H17F3S. The van der Waals surface area contributed by atoms with Crippen LogP contribution in [0.3, 0.4) is 0 Å². The minimum Gasteiger partial charge on any atom is -0.166 e. The van der Waals surface area contributed by atoms with Crippen molar-refractivity contribution in [2.45, 2.75) is 38.8 Å². The van der Waals surface area contributed by atoms with E-state index in [0.29, 0.717) is 5.56 Å². The summed E-state index contributed by atoms with van der Waals surface area (Å²) >= 11 is 1.55. The van der Waals surface area contributed by atoms with E-state index in [4.69, 9.17) is 0 Å². The second-order valence-corrected chi connectivity index (χ2v) is 4.22. The lowest BCUT2D eigenvalue weighted by molar-refractivity contribution is -0.137. The molecule has 0 radical (unpaired) electrons. The van der Waals surface area contributed by atoms with Crippen LogP contribution in [0.5, 0.6) is 0 Å². The summed E-state index contributed by atoms with van der Waals surface area (Å²) in [7, 11) is 0. The fourth-order valence-corrected chi connectivity index (χ4v) is 1.91. The highest BCUT2D eigenvalue weighted by Crippen LogP contribution is 2.32. The number of thioether (sulfide) groups is 1. The highest BCUT2D eigenvalue weighted by Gasteiger charge is 2.30. The number of halogens is 3. The second kappa shape index (κ2) is 6.84. The van der Waals surface area contributed by atoms with E-state index in [1.807, 2.05) is 20.8 Å². The van der Waals surface area contributed by atoms with Crippen LogP contribution in [-0.2, 0) is 6.18 Å². The summed E-state index contributed by atoms with van der Waals surface area (Å²) in [6, 6.07) is 3.86. The number of aryl methyl sites for hydroxylation is 1. The SMILES string of the molecule is CC.CCSc1ccc(C(F)(F)F)cc1C. The molecule has 4 heteroatoms. The van der Waals surface area contributed by atoms with E-state index in [-0.39, 0.29) is 0 Å². The summed E-state index contributed by atoms with van der Waals surface area (Å²) in [4.78, 5) is 0.917. The van der Waals surface area contributed by atoms with E-state index in [9.17, 15) is 13.2 Å². The summed E-state index contributed by atoms with van der Waals surface area (Å²) in [6.45, 7) is 7.68. The second-order valence-electron chi connectivity index (χ2n) is 2.91. The smallest absolute Gasteiger partial charge is 0.166 e. The van der Waals surface area contributed by atoms with Crippen LogP contribution in [0.1, 0.15) is 31.9 Å². The molecule has 0 nitrogen and oxygen atoms in total. The maximum absolute atomic E-state index is 12.3. The Morgan fingerprint density at radius 2 is 1.75 bits per heavy atom. The van der Waals surface area contributed by atoms with Gasteiger partial charge in [0.2, 0.25) is 0 Å². The first-order chi connectivity index (χ1) is 7.45. The topological polar surface area (TPSA) is 0 Å². The Kier molecular flexibility index (Phi) is 6.56. The van der Waals surface area contributed by atoms with E-state index in [1.165, 1.54) is 12.1 Å². The van der Waals surface area contributed by atoms with Gasteiger partial charge in [0.1, 0.15) is 0 Å². The first-order valence-corrected chi connectivity index (χ1v) is 6.24. The van der Waals surface area contributed by atoms with Crippen LogP contribution in [0.2, 0.25) is 0 Å². The zero-order chi connectivity index (χ0) is 12.8. The van der Waals surface area contributed by atoms with Gasteiger partial charge in [-0.3, -0.25) is 0 Å². The van der Waals surface area contributed by atoms with Crippen LogP contribution in [0.15, 0.2) is 23.1 Å². The lowest BCUT2D eigenvalue weighted by Gasteiger charge is -2.09. The summed E-state index contributed by atoms with van der Waals surface area (Å²) in [5.41, 5.74) is 0.113. The predicted octanol–water partition coefficient (Wildman–Crippen LogP) is 5.15. The van der Waals surface area contributed by atoms with Gasteiger partial charge in [0, 0.05) is 4.90 Å². The summed E-state index contributed by atoms with van der Waals surface area (Å²) < 4.78 is 36.8. The summed E-state index contributed by atoms with van der Waals surface area (Å²) in [5, 5.41) is 0.